The van der Waals surface area contributed by atoms with E-state index in [-0.39, 0.29) is 18.5 Å². The van der Waals surface area contributed by atoms with Crippen LogP contribution in [0.1, 0.15) is 18.4 Å². The molecule has 6 nitrogen and oxygen atoms in total. The fourth-order valence-electron chi connectivity index (χ4n) is 2.75. The zero-order valence-corrected chi connectivity index (χ0v) is 13.6. The number of carbonyl (C=O) groups excluding carboxylic acids is 2. The number of likely N-dealkylation sites (tertiary alicyclic amines) is 1. The molecule has 6 heteroatoms. The van der Waals surface area contributed by atoms with Gasteiger partial charge in [0.05, 0.1) is 6.54 Å². The average molecular weight is 319 g/mol. The molecule has 0 aromatic heterocycles. The van der Waals surface area contributed by atoms with Gasteiger partial charge in [-0.3, -0.25) is 4.79 Å². The van der Waals surface area contributed by atoms with Crippen molar-refractivity contribution in [2.24, 2.45) is 11.7 Å². The Morgan fingerprint density at radius 1 is 1.26 bits per heavy atom. The van der Waals surface area contributed by atoms with E-state index in [2.05, 4.69) is 0 Å². The van der Waals surface area contributed by atoms with Crippen LogP contribution in [0.4, 0.5) is 4.79 Å². The Bertz CT molecular complexity index is 513. The van der Waals surface area contributed by atoms with Gasteiger partial charge >= 0.3 is 6.09 Å². The van der Waals surface area contributed by atoms with Crippen LogP contribution in [0.25, 0.3) is 0 Å². The molecular formula is C17H25N3O3. The highest BCUT2D eigenvalue weighted by atomic mass is 16.6. The zero-order valence-electron chi connectivity index (χ0n) is 13.6. The molecule has 1 aliphatic heterocycles. The van der Waals surface area contributed by atoms with E-state index in [1.54, 1.807) is 16.8 Å². The lowest BCUT2D eigenvalue weighted by molar-refractivity contribution is -0.129. The van der Waals surface area contributed by atoms with Crippen molar-refractivity contribution in [3.63, 3.8) is 0 Å². The molecule has 0 radical (unpaired) electrons. The van der Waals surface area contributed by atoms with Gasteiger partial charge in [-0.25, -0.2) is 4.79 Å². The summed E-state index contributed by atoms with van der Waals surface area (Å²) in [6.45, 7) is 2.38. The molecule has 1 saturated heterocycles. The smallest absolute Gasteiger partial charge is 0.410 e. The van der Waals surface area contributed by atoms with Crippen LogP contribution >= 0.6 is 0 Å². The average Bonchev–Trinajstić information content (AvgIpc) is 2.60. The van der Waals surface area contributed by atoms with Crippen LogP contribution in [-0.4, -0.2) is 55.0 Å². The van der Waals surface area contributed by atoms with Crippen molar-refractivity contribution >= 4 is 12.0 Å². The van der Waals surface area contributed by atoms with Gasteiger partial charge in [-0.1, -0.05) is 30.3 Å². The maximum atomic E-state index is 12.1. The Hall–Kier alpha value is -2.08. The van der Waals surface area contributed by atoms with Crippen LogP contribution in [0, 0.1) is 5.92 Å². The summed E-state index contributed by atoms with van der Waals surface area (Å²) in [5.41, 5.74) is 6.34. The standard InChI is InChI=1S/C17H25N3O3/c1-19(16(21)11-18)12-14-7-9-20(10-8-14)17(22)23-13-15-5-3-2-4-6-15/h2-6,14H,7-13,18H2,1H3. The third-order valence-corrected chi connectivity index (χ3v) is 4.21. The summed E-state index contributed by atoms with van der Waals surface area (Å²) in [4.78, 5) is 27.0. The third-order valence-electron chi connectivity index (χ3n) is 4.21. The first-order valence-corrected chi connectivity index (χ1v) is 7.99. The second kappa shape index (κ2) is 8.53. The lowest BCUT2D eigenvalue weighted by Crippen LogP contribution is -2.43. The minimum absolute atomic E-state index is 0.0428. The van der Waals surface area contributed by atoms with Crippen LogP contribution in [-0.2, 0) is 16.1 Å². The summed E-state index contributed by atoms with van der Waals surface area (Å²) in [7, 11) is 1.77. The first kappa shape index (κ1) is 17.3. The van der Waals surface area contributed by atoms with Crippen molar-refractivity contribution in [1.82, 2.24) is 9.80 Å². The number of hydrogen-bond donors (Lipinski definition) is 1. The highest BCUT2D eigenvalue weighted by molar-refractivity contribution is 5.77. The molecule has 0 spiro atoms. The highest BCUT2D eigenvalue weighted by Crippen LogP contribution is 2.19. The lowest BCUT2D eigenvalue weighted by Gasteiger charge is -2.33. The predicted molar refractivity (Wildman–Crippen MR) is 87.6 cm³/mol. The number of piperidine rings is 1. The van der Waals surface area contributed by atoms with Gasteiger partial charge in [0, 0.05) is 26.7 Å². The molecule has 0 aliphatic carbocycles. The molecular weight excluding hydrogens is 294 g/mol. The van der Waals surface area contributed by atoms with Crippen LogP contribution in [0.2, 0.25) is 0 Å². The molecule has 2 amide bonds. The number of benzene rings is 1. The lowest BCUT2D eigenvalue weighted by atomic mass is 9.96. The summed E-state index contributed by atoms with van der Waals surface area (Å²) in [5.74, 6) is 0.364. The quantitative estimate of drug-likeness (QED) is 0.891. The Morgan fingerprint density at radius 2 is 1.91 bits per heavy atom. The molecule has 1 aromatic rings. The molecule has 1 aromatic carbocycles. The van der Waals surface area contributed by atoms with E-state index < -0.39 is 0 Å². The molecule has 23 heavy (non-hydrogen) atoms. The first-order valence-electron chi connectivity index (χ1n) is 7.99. The number of nitrogens with two attached hydrogens (primary N) is 1. The van der Waals surface area contributed by atoms with Crippen LogP contribution in [0.5, 0.6) is 0 Å². The number of carbonyl (C=O) groups is 2. The Balaban J connectivity index is 1.71. The predicted octanol–water partition coefficient (Wildman–Crippen LogP) is 1.45. The topological polar surface area (TPSA) is 75.9 Å². The second-order valence-corrected chi connectivity index (χ2v) is 5.95. The Kier molecular flexibility index (Phi) is 6.40. The van der Waals surface area contributed by atoms with Gasteiger partial charge < -0.3 is 20.3 Å². The number of amides is 2. The van der Waals surface area contributed by atoms with Crippen molar-refractivity contribution < 1.29 is 14.3 Å². The van der Waals surface area contributed by atoms with Gasteiger partial charge in [-0.2, -0.15) is 0 Å². The van der Waals surface area contributed by atoms with Crippen molar-refractivity contribution in [2.45, 2.75) is 19.4 Å². The summed E-state index contributed by atoms with van der Waals surface area (Å²) in [5, 5.41) is 0. The van der Waals surface area contributed by atoms with E-state index >= 15 is 0 Å². The van der Waals surface area contributed by atoms with Gasteiger partial charge in [-0.15, -0.1) is 0 Å². The zero-order chi connectivity index (χ0) is 16.7. The van der Waals surface area contributed by atoms with E-state index in [1.807, 2.05) is 30.3 Å². The molecule has 0 atom stereocenters. The Labute approximate surface area is 137 Å². The van der Waals surface area contributed by atoms with E-state index in [4.69, 9.17) is 10.5 Å². The van der Waals surface area contributed by atoms with Gasteiger partial charge in [0.25, 0.3) is 0 Å². The largest absolute Gasteiger partial charge is 0.445 e. The molecule has 2 rings (SSSR count). The third kappa shape index (κ3) is 5.25. The van der Waals surface area contributed by atoms with Gasteiger partial charge in [0.1, 0.15) is 6.61 Å². The molecule has 0 unspecified atom stereocenters. The van der Waals surface area contributed by atoms with E-state index in [0.717, 1.165) is 18.4 Å². The number of hydrogen-bond acceptors (Lipinski definition) is 4. The van der Waals surface area contributed by atoms with E-state index in [9.17, 15) is 9.59 Å². The SMILES string of the molecule is CN(CC1CCN(C(=O)OCc2ccccc2)CC1)C(=O)CN. The minimum Gasteiger partial charge on any atom is -0.445 e. The summed E-state index contributed by atoms with van der Waals surface area (Å²) < 4.78 is 5.35. The van der Waals surface area contributed by atoms with Gasteiger partial charge in [0.2, 0.25) is 5.91 Å². The maximum absolute atomic E-state index is 12.1. The summed E-state index contributed by atoms with van der Waals surface area (Å²) >= 11 is 0. The Morgan fingerprint density at radius 3 is 2.52 bits per heavy atom. The van der Waals surface area contributed by atoms with Crippen LogP contribution < -0.4 is 5.73 Å². The number of ether oxygens (including phenoxy) is 1. The van der Waals surface area contributed by atoms with Crippen LogP contribution in [0.15, 0.2) is 30.3 Å². The molecule has 2 N–H and O–H groups in total. The summed E-state index contributed by atoms with van der Waals surface area (Å²) in [6, 6.07) is 9.65. The van der Waals surface area contributed by atoms with Crippen LogP contribution in [0.3, 0.4) is 0 Å². The molecule has 0 saturated carbocycles. The van der Waals surface area contributed by atoms with Crippen molar-refractivity contribution in [3.8, 4) is 0 Å². The molecule has 126 valence electrons. The number of rotatable bonds is 5. The van der Waals surface area contributed by atoms with E-state index in [0.29, 0.717) is 32.2 Å². The fraction of sp³-hybridized carbons (Fsp3) is 0.529. The fourth-order valence-corrected chi connectivity index (χ4v) is 2.75. The van der Waals surface area contributed by atoms with Gasteiger partial charge in [0.15, 0.2) is 0 Å². The first-order chi connectivity index (χ1) is 11.1. The second-order valence-electron chi connectivity index (χ2n) is 5.95. The minimum atomic E-state index is -0.265. The number of nitrogens with zero attached hydrogens (tertiary/aromatic N) is 2. The highest BCUT2D eigenvalue weighted by Gasteiger charge is 2.25. The summed E-state index contributed by atoms with van der Waals surface area (Å²) in [6.07, 6.45) is 1.49. The van der Waals surface area contributed by atoms with E-state index in [1.165, 1.54) is 0 Å². The molecule has 1 heterocycles. The van der Waals surface area contributed by atoms with Gasteiger partial charge in [-0.05, 0) is 24.3 Å². The van der Waals surface area contributed by atoms with Crippen molar-refractivity contribution in [2.75, 3.05) is 33.2 Å². The molecule has 1 fully saturated rings. The monoisotopic (exact) mass is 319 g/mol. The number of likely N-dealkylation sites (N-methyl/N-ethyl adjacent to an activating group) is 1. The van der Waals surface area contributed by atoms with Crippen molar-refractivity contribution in [3.05, 3.63) is 35.9 Å². The maximum Gasteiger partial charge on any atom is 0.410 e. The normalized spacial score (nSPS) is 15.3. The molecule has 1 aliphatic rings. The molecule has 0 bridgehead atoms. The van der Waals surface area contributed by atoms with Crippen molar-refractivity contribution in [1.29, 1.82) is 0 Å².